The van der Waals surface area contributed by atoms with Crippen molar-refractivity contribution in [2.45, 2.75) is 37.6 Å². The number of carbonyl (C=O) groups excluding carboxylic acids is 1. The number of sulfonamides is 1. The summed E-state index contributed by atoms with van der Waals surface area (Å²) in [6.45, 7) is 5.02. The Hall–Kier alpha value is -2.25. The molecule has 28 heavy (non-hydrogen) atoms. The van der Waals surface area contributed by atoms with Crippen LogP contribution in [0.2, 0.25) is 0 Å². The smallest absolute Gasteiger partial charge is 0.251 e. The summed E-state index contributed by atoms with van der Waals surface area (Å²) in [6.07, 6.45) is 1.75. The Bertz CT molecular complexity index is 919. The van der Waals surface area contributed by atoms with Crippen molar-refractivity contribution in [2.24, 2.45) is 5.92 Å². The summed E-state index contributed by atoms with van der Waals surface area (Å²) in [4.78, 5) is 12.9. The highest BCUT2D eigenvalue weighted by Crippen LogP contribution is 2.24. The molecule has 0 aromatic heterocycles. The Labute approximate surface area is 165 Å². The lowest BCUT2D eigenvalue weighted by atomic mass is 9.95. The van der Waals surface area contributed by atoms with E-state index in [0.717, 1.165) is 18.4 Å². The Kier molecular flexibility index (Phi) is 6.15. The molecule has 1 N–H and O–H groups in total. The van der Waals surface area contributed by atoms with E-state index in [-0.39, 0.29) is 28.6 Å². The second-order valence-corrected chi connectivity index (χ2v) is 9.32. The van der Waals surface area contributed by atoms with E-state index in [1.165, 1.54) is 40.7 Å². The fraction of sp³-hybridized carbons (Fsp3) is 0.381. The van der Waals surface area contributed by atoms with E-state index in [4.69, 9.17) is 0 Å². The third kappa shape index (κ3) is 4.42. The molecule has 2 aromatic carbocycles. The van der Waals surface area contributed by atoms with Gasteiger partial charge in [-0.25, -0.2) is 12.8 Å². The maximum atomic E-state index is 13.2. The van der Waals surface area contributed by atoms with Gasteiger partial charge in [-0.2, -0.15) is 4.31 Å². The van der Waals surface area contributed by atoms with Crippen molar-refractivity contribution in [1.82, 2.24) is 9.62 Å². The maximum Gasteiger partial charge on any atom is 0.251 e. The van der Waals surface area contributed by atoms with Crippen LogP contribution in [0.5, 0.6) is 0 Å². The van der Waals surface area contributed by atoms with Crippen molar-refractivity contribution in [3.8, 4) is 0 Å². The fourth-order valence-electron chi connectivity index (χ4n) is 3.39. The van der Waals surface area contributed by atoms with E-state index >= 15 is 0 Å². The monoisotopic (exact) mass is 404 g/mol. The van der Waals surface area contributed by atoms with Gasteiger partial charge in [0, 0.05) is 18.7 Å². The van der Waals surface area contributed by atoms with Gasteiger partial charge in [0.05, 0.1) is 10.9 Å². The second-order valence-electron chi connectivity index (χ2n) is 7.38. The van der Waals surface area contributed by atoms with E-state index in [9.17, 15) is 17.6 Å². The minimum absolute atomic E-state index is 0.101. The van der Waals surface area contributed by atoms with Gasteiger partial charge >= 0.3 is 0 Å². The molecule has 3 rings (SSSR count). The normalized spacial score (nSPS) is 16.3. The molecule has 2 aromatic rings. The fourth-order valence-corrected chi connectivity index (χ4v) is 4.90. The molecule has 1 aliphatic rings. The Morgan fingerprint density at radius 3 is 2.11 bits per heavy atom. The molecule has 1 aliphatic heterocycles. The van der Waals surface area contributed by atoms with Crippen LogP contribution in [-0.2, 0) is 10.0 Å². The molecule has 0 spiro atoms. The number of halogens is 1. The maximum absolute atomic E-state index is 13.2. The van der Waals surface area contributed by atoms with Crippen molar-refractivity contribution >= 4 is 15.9 Å². The largest absolute Gasteiger partial charge is 0.345 e. The van der Waals surface area contributed by atoms with Crippen LogP contribution >= 0.6 is 0 Å². The molecule has 1 saturated heterocycles. The van der Waals surface area contributed by atoms with Crippen LogP contribution in [0.4, 0.5) is 4.39 Å². The predicted molar refractivity (Wildman–Crippen MR) is 106 cm³/mol. The van der Waals surface area contributed by atoms with Gasteiger partial charge in [0.15, 0.2) is 0 Å². The predicted octanol–water partition coefficient (Wildman–Crippen LogP) is 3.74. The summed E-state index contributed by atoms with van der Waals surface area (Å²) in [5.41, 5.74) is 1.20. The molecule has 0 bridgehead atoms. The van der Waals surface area contributed by atoms with Crippen molar-refractivity contribution in [1.29, 1.82) is 0 Å². The van der Waals surface area contributed by atoms with Crippen molar-refractivity contribution in [2.75, 3.05) is 13.1 Å². The van der Waals surface area contributed by atoms with E-state index in [1.54, 1.807) is 12.1 Å². The molecule has 1 atom stereocenters. The summed E-state index contributed by atoms with van der Waals surface area (Å²) in [5, 5.41) is 2.96. The minimum atomic E-state index is -3.50. The molecule has 0 aliphatic carbocycles. The topological polar surface area (TPSA) is 66.5 Å². The van der Waals surface area contributed by atoms with E-state index in [0.29, 0.717) is 18.7 Å². The Morgan fingerprint density at radius 1 is 1.00 bits per heavy atom. The van der Waals surface area contributed by atoms with Crippen LogP contribution in [-0.4, -0.2) is 31.7 Å². The van der Waals surface area contributed by atoms with Crippen LogP contribution in [0.3, 0.4) is 0 Å². The number of amides is 1. The molecule has 1 amide bonds. The van der Waals surface area contributed by atoms with Gasteiger partial charge in [0.2, 0.25) is 10.0 Å². The van der Waals surface area contributed by atoms with Crippen LogP contribution < -0.4 is 5.32 Å². The Morgan fingerprint density at radius 2 is 1.57 bits per heavy atom. The summed E-state index contributed by atoms with van der Waals surface area (Å²) < 4.78 is 39.8. The standard InChI is InChI=1S/C21H25FN2O3S/c1-15(2)20(16-5-9-18(22)10-6-16)23-21(25)17-7-11-19(12-8-17)28(26,27)24-13-3-4-14-24/h5-12,15,20H,3-4,13-14H2,1-2H3,(H,23,25)/t20-/m0/s1. The zero-order valence-electron chi connectivity index (χ0n) is 16.1. The summed E-state index contributed by atoms with van der Waals surface area (Å²) in [6, 6.07) is 11.8. The number of nitrogens with zero attached hydrogens (tertiary/aromatic N) is 1. The molecule has 1 fully saturated rings. The number of benzene rings is 2. The lowest BCUT2D eigenvalue weighted by molar-refractivity contribution is 0.0925. The van der Waals surface area contributed by atoms with Crippen molar-refractivity contribution < 1.29 is 17.6 Å². The van der Waals surface area contributed by atoms with Crippen LogP contribution in [0.1, 0.15) is 48.7 Å². The lowest BCUT2D eigenvalue weighted by Gasteiger charge is -2.23. The van der Waals surface area contributed by atoms with Gasteiger partial charge in [0.25, 0.3) is 5.91 Å². The first kappa shape index (κ1) is 20.5. The van der Waals surface area contributed by atoms with Gasteiger partial charge in [-0.05, 0) is 60.7 Å². The molecule has 5 nitrogen and oxygen atoms in total. The number of rotatable bonds is 6. The summed E-state index contributed by atoms with van der Waals surface area (Å²) >= 11 is 0. The first-order valence-electron chi connectivity index (χ1n) is 9.45. The Balaban J connectivity index is 1.75. The first-order valence-corrected chi connectivity index (χ1v) is 10.9. The zero-order valence-corrected chi connectivity index (χ0v) is 16.9. The molecule has 0 radical (unpaired) electrons. The quantitative estimate of drug-likeness (QED) is 0.798. The van der Waals surface area contributed by atoms with Gasteiger partial charge in [-0.15, -0.1) is 0 Å². The molecule has 150 valence electrons. The molecule has 0 unspecified atom stereocenters. The lowest BCUT2D eigenvalue weighted by Crippen LogP contribution is -2.32. The van der Waals surface area contributed by atoms with Gasteiger partial charge < -0.3 is 5.32 Å². The van der Waals surface area contributed by atoms with E-state index in [1.807, 2.05) is 13.8 Å². The average Bonchev–Trinajstić information content (AvgIpc) is 3.22. The summed E-state index contributed by atoms with van der Waals surface area (Å²) in [5.74, 6) is -0.523. The number of hydrogen-bond acceptors (Lipinski definition) is 3. The minimum Gasteiger partial charge on any atom is -0.345 e. The van der Waals surface area contributed by atoms with E-state index in [2.05, 4.69) is 5.32 Å². The highest BCUT2D eigenvalue weighted by molar-refractivity contribution is 7.89. The SMILES string of the molecule is CC(C)[C@H](NC(=O)c1ccc(S(=O)(=O)N2CCCC2)cc1)c1ccc(F)cc1. The van der Waals surface area contributed by atoms with Gasteiger partial charge in [0.1, 0.15) is 5.82 Å². The number of carbonyl (C=O) groups is 1. The second kappa shape index (κ2) is 8.41. The van der Waals surface area contributed by atoms with E-state index < -0.39 is 10.0 Å². The first-order chi connectivity index (χ1) is 13.3. The molecule has 7 heteroatoms. The van der Waals surface area contributed by atoms with Crippen molar-refractivity contribution in [3.63, 3.8) is 0 Å². The van der Waals surface area contributed by atoms with Crippen LogP contribution in [0.15, 0.2) is 53.4 Å². The third-order valence-electron chi connectivity index (χ3n) is 5.00. The van der Waals surface area contributed by atoms with Crippen LogP contribution in [0, 0.1) is 11.7 Å². The van der Waals surface area contributed by atoms with Crippen LogP contribution in [0.25, 0.3) is 0 Å². The zero-order chi connectivity index (χ0) is 20.3. The number of nitrogens with one attached hydrogen (secondary N) is 1. The highest BCUT2D eigenvalue weighted by Gasteiger charge is 2.27. The third-order valence-corrected chi connectivity index (χ3v) is 6.91. The average molecular weight is 405 g/mol. The molecule has 0 saturated carbocycles. The highest BCUT2D eigenvalue weighted by atomic mass is 32.2. The molecule has 1 heterocycles. The van der Waals surface area contributed by atoms with Crippen molar-refractivity contribution in [3.05, 3.63) is 65.5 Å². The number of hydrogen-bond donors (Lipinski definition) is 1. The molecular formula is C21H25FN2O3S. The summed E-state index contributed by atoms with van der Waals surface area (Å²) in [7, 11) is -3.50. The molecular weight excluding hydrogens is 379 g/mol. The van der Waals surface area contributed by atoms with Gasteiger partial charge in [-0.1, -0.05) is 26.0 Å². The van der Waals surface area contributed by atoms with Gasteiger partial charge in [-0.3, -0.25) is 4.79 Å².